The fourth-order valence-corrected chi connectivity index (χ4v) is 3.21. The van der Waals surface area contributed by atoms with Crippen molar-refractivity contribution < 1.29 is 4.90 Å². The minimum absolute atomic E-state index is 0.579. The van der Waals surface area contributed by atoms with Gasteiger partial charge in [-0.1, -0.05) is 67.9 Å². The molecule has 3 nitrogen and oxygen atoms in total. The molecule has 1 N–H and O–H groups in total. The Bertz CT molecular complexity index is 678. The second-order valence-corrected chi connectivity index (χ2v) is 7.43. The second kappa shape index (κ2) is 8.30. The number of hydrazone groups is 1. The van der Waals surface area contributed by atoms with Crippen LogP contribution in [-0.2, 0) is 6.54 Å². The Morgan fingerprint density at radius 3 is 2.24 bits per heavy atom. The maximum Gasteiger partial charge on any atom is 0.103 e. The summed E-state index contributed by atoms with van der Waals surface area (Å²) in [4.78, 5) is 1.65. The van der Waals surface area contributed by atoms with Crippen LogP contribution < -0.4 is 4.90 Å². The van der Waals surface area contributed by atoms with Crippen molar-refractivity contribution in [1.29, 1.82) is 0 Å². The van der Waals surface area contributed by atoms with Gasteiger partial charge in [0.15, 0.2) is 0 Å². The van der Waals surface area contributed by atoms with Crippen LogP contribution in [-0.4, -0.2) is 37.4 Å². The van der Waals surface area contributed by atoms with Gasteiger partial charge >= 0.3 is 0 Å². The van der Waals surface area contributed by atoms with Crippen molar-refractivity contribution in [1.82, 2.24) is 5.01 Å². The zero-order valence-corrected chi connectivity index (χ0v) is 15.7. The van der Waals surface area contributed by atoms with Crippen LogP contribution in [0.15, 0.2) is 53.6 Å². The van der Waals surface area contributed by atoms with Crippen molar-refractivity contribution >= 4 is 6.21 Å². The number of nitrogens with one attached hydrogen (secondary N) is 1. The molecule has 0 unspecified atom stereocenters. The smallest absolute Gasteiger partial charge is 0.103 e. The van der Waals surface area contributed by atoms with Crippen LogP contribution in [0.25, 0.3) is 0 Å². The number of hydrogen-bond acceptors (Lipinski definition) is 2. The molecule has 0 amide bonds. The fourth-order valence-electron chi connectivity index (χ4n) is 3.21. The summed E-state index contributed by atoms with van der Waals surface area (Å²) in [6.07, 6.45) is 2.00. The van der Waals surface area contributed by atoms with Gasteiger partial charge in [0.05, 0.1) is 32.4 Å². The van der Waals surface area contributed by atoms with Crippen molar-refractivity contribution in [2.45, 2.75) is 33.2 Å². The monoisotopic (exact) mass is 336 g/mol. The van der Waals surface area contributed by atoms with Gasteiger partial charge in [0.1, 0.15) is 6.54 Å². The lowest BCUT2D eigenvalue weighted by Gasteiger charge is -2.30. The molecule has 0 aliphatic carbocycles. The second-order valence-electron chi connectivity index (χ2n) is 7.43. The lowest BCUT2D eigenvalue weighted by molar-refractivity contribution is -0.918. The summed E-state index contributed by atoms with van der Waals surface area (Å²) in [5, 5.41) is 6.88. The van der Waals surface area contributed by atoms with E-state index in [9.17, 15) is 0 Å². The molecule has 3 rings (SSSR count). The highest BCUT2D eigenvalue weighted by atomic mass is 15.5. The summed E-state index contributed by atoms with van der Waals surface area (Å²) in [6, 6.07) is 17.7. The van der Waals surface area contributed by atoms with Crippen LogP contribution in [0, 0.1) is 6.92 Å². The van der Waals surface area contributed by atoms with E-state index in [1.165, 1.54) is 22.3 Å². The summed E-state index contributed by atoms with van der Waals surface area (Å²) in [7, 11) is 0. The van der Waals surface area contributed by atoms with Gasteiger partial charge in [-0.3, -0.25) is 5.01 Å². The Kier molecular flexibility index (Phi) is 5.87. The standard InChI is InChI=1S/C22H29N3/c1-18(2)22-10-8-20(9-11-22)16-23-25-14-12-24(13-15-25)17-21-6-4-19(3)5-7-21/h4-11,16,18H,12-15,17H2,1-3H3/p+1. The molecule has 0 spiro atoms. The van der Waals surface area contributed by atoms with Gasteiger partial charge in [-0.05, 0) is 24.0 Å². The Labute approximate surface area is 152 Å². The van der Waals surface area contributed by atoms with Crippen molar-refractivity contribution in [2.75, 3.05) is 26.2 Å². The van der Waals surface area contributed by atoms with Crippen LogP contribution in [0.2, 0.25) is 0 Å². The molecule has 2 aromatic carbocycles. The summed E-state index contributed by atoms with van der Waals surface area (Å²) >= 11 is 0. The Balaban J connectivity index is 1.47. The number of rotatable bonds is 5. The predicted molar refractivity (Wildman–Crippen MR) is 105 cm³/mol. The van der Waals surface area contributed by atoms with Gasteiger partial charge in [-0.15, -0.1) is 0 Å². The van der Waals surface area contributed by atoms with Crippen LogP contribution >= 0.6 is 0 Å². The van der Waals surface area contributed by atoms with Crippen LogP contribution in [0.3, 0.4) is 0 Å². The summed E-state index contributed by atoms with van der Waals surface area (Å²) < 4.78 is 0. The molecule has 132 valence electrons. The molecule has 2 aromatic rings. The topological polar surface area (TPSA) is 20.0 Å². The minimum atomic E-state index is 0.579. The maximum absolute atomic E-state index is 4.68. The van der Waals surface area contributed by atoms with E-state index in [0.29, 0.717) is 5.92 Å². The van der Waals surface area contributed by atoms with Gasteiger partial charge < -0.3 is 4.90 Å². The molecule has 1 heterocycles. The normalized spacial score (nSPS) is 16.1. The minimum Gasteiger partial charge on any atom is -0.328 e. The highest BCUT2D eigenvalue weighted by Crippen LogP contribution is 2.14. The number of benzene rings is 2. The average molecular weight is 337 g/mol. The molecule has 1 fully saturated rings. The molecule has 1 saturated heterocycles. The van der Waals surface area contributed by atoms with Crippen molar-refractivity contribution in [3.05, 3.63) is 70.8 Å². The van der Waals surface area contributed by atoms with Crippen molar-refractivity contribution in [3.8, 4) is 0 Å². The van der Waals surface area contributed by atoms with E-state index in [-0.39, 0.29) is 0 Å². The molecule has 1 aliphatic heterocycles. The molecule has 0 aromatic heterocycles. The maximum atomic E-state index is 4.68. The van der Waals surface area contributed by atoms with Gasteiger partial charge in [-0.25, -0.2) is 0 Å². The molecule has 25 heavy (non-hydrogen) atoms. The SMILES string of the molecule is Cc1ccc(C[NH+]2CCN(N=Cc3ccc(C(C)C)cc3)CC2)cc1. The van der Waals surface area contributed by atoms with E-state index in [4.69, 9.17) is 0 Å². The first-order valence-electron chi connectivity index (χ1n) is 9.38. The average Bonchev–Trinajstić information content (AvgIpc) is 2.63. The number of quaternary nitrogens is 1. The largest absolute Gasteiger partial charge is 0.328 e. The molecule has 0 atom stereocenters. The Hall–Kier alpha value is -2.13. The van der Waals surface area contributed by atoms with Gasteiger partial charge in [-0.2, -0.15) is 5.10 Å². The van der Waals surface area contributed by atoms with Crippen LogP contribution in [0.5, 0.6) is 0 Å². The first kappa shape index (κ1) is 17.7. The third kappa shape index (κ3) is 5.17. The number of nitrogens with zero attached hydrogens (tertiary/aromatic N) is 2. The van der Waals surface area contributed by atoms with E-state index in [1.54, 1.807) is 4.90 Å². The van der Waals surface area contributed by atoms with Gasteiger partial charge in [0, 0.05) is 5.56 Å². The molecule has 0 saturated carbocycles. The Morgan fingerprint density at radius 2 is 1.64 bits per heavy atom. The van der Waals surface area contributed by atoms with E-state index < -0.39 is 0 Å². The third-order valence-electron chi connectivity index (χ3n) is 4.99. The number of aryl methyl sites for hydroxylation is 1. The molecule has 0 bridgehead atoms. The van der Waals surface area contributed by atoms with Crippen LogP contribution in [0.4, 0.5) is 0 Å². The Morgan fingerprint density at radius 1 is 1.00 bits per heavy atom. The zero-order chi connectivity index (χ0) is 17.6. The van der Waals surface area contributed by atoms with E-state index in [2.05, 4.69) is 79.4 Å². The highest BCUT2D eigenvalue weighted by molar-refractivity contribution is 5.79. The van der Waals surface area contributed by atoms with E-state index >= 15 is 0 Å². The lowest BCUT2D eigenvalue weighted by atomic mass is 10.0. The van der Waals surface area contributed by atoms with E-state index in [0.717, 1.165) is 32.7 Å². The molecular formula is C22H30N3+. The fraction of sp³-hybridized carbons (Fsp3) is 0.409. The molecule has 0 radical (unpaired) electrons. The summed E-state index contributed by atoms with van der Waals surface area (Å²) in [6.45, 7) is 12.1. The third-order valence-corrected chi connectivity index (χ3v) is 4.99. The predicted octanol–water partition coefficient (Wildman–Crippen LogP) is 2.85. The van der Waals surface area contributed by atoms with E-state index in [1.807, 2.05) is 6.21 Å². The van der Waals surface area contributed by atoms with Crippen LogP contribution in [0.1, 0.15) is 42.0 Å². The molecular weight excluding hydrogens is 306 g/mol. The summed E-state index contributed by atoms with van der Waals surface area (Å²) in [5.74, 6) is 0.579. The van der Waals surface area contributed by atoms with Crippen molar-refractivity contribution in [2.24, 2.45) is 5.10 Å². The van der Waals surface area contributed by atoms with Crippen molar-refractivity contribution in [3.63, 3.8) is 0 Å². The first-order chi connectivity index (χ1) is 12.1. The molecule has 1 aliphatic rings. The summed E-state index contributed by atoms with van der Waals surface area (Å²) in [5.41, 5.74) is 5.33. The van der Waals surface area contributed by atoms with Gasteiger partial charge in [0.2, 0.25) is 0 Å². The number of piperazine rings is 1. The lowest BCUT2D eigenvalue weighted by Crippen LogP contribution is -3.13. The first-order valence-corrected chi connectivity index (χ1v) is 9.38. The highest BCUT2D eigenvalue weighted by Gasteiger charge is 2.18. The van der Waals surface area contributed by atoms with Gasteiger partial charge in [0.25, 0.3) is 0 Å². The zero-order valence-electron chi connectivity index (χ0n) is 15.7. The number of hydrogen-bond donors (Lipinski definition) is 1. The molecule has 3 heteroatoms. The quantitative estimate of drug-likeness (QED) is 0.833.